The fourth-order valence-corrected chi connectivity index (χ4v) is 1.48. The van der Waals surface area contributed by atoms with Crippen molar-refractivity contribution in [3.05, 3.63) is 12.7 Å². The zero-order chi connectivity index (χ0) is 12.2. The zero-order valence-corrected chi connectivity index (χ0v) is 10.6. The van der Waals surface area contributed by atoms with Crippen molar-refractivity contribution in [2.45, 2.75) is 26.9 Å². The van der Waals surface area contributed by atoms with Gasteiger partial charge in [-0.25, -0.2) is 0 Å². The topological polar surface area (TPSA) is 50.8 Å². The van der Waals surface area contributed by atoms with Gasteiger partial charge in [-0.2, -0.15) is 0 Å². The van der Waals surface area contributed by atoms with Gasteiger partial charge in [0.25, 0.3) is 0 Å². The second kappa shape index (κ2) is 5.34. The van der Waals surface area contributed by atoms with E-state index in [2.05, 4.69) is 30.3 Å². The molecule has 2 N–H and O–H groups in total. The van der Waals surface area contributed by atoms with E-state index < -0.39 is 0 Å². The Labute approximate surface area is 98.2 Å². The molecule has 0 aliphatic carbocycles. The lowest BCUT2D eigenvalue weighted by Gasteiger charge is -2.32. The third-order valence-electron chi connectivity index (χ3n) is 2.77. The fourth-order valence-electron chi connectivity index (χ4n) is 1.48. The summed E-state index contributed by atoms with van der Waals surface area (Å²) >= 11 is 0. The molecule has 0 amide bonds. The summed E-state index contributed by atoms with van der Waals surface area (Å²) < 4.78 is 5.46. The molecule has 16 heavy (non-hydrogen) atoms. The highest BCUT2D eigenvalue weighted by molar-refractivity contribution is 5.78. The molecule has 0 aromatic rings. The summed E-state index contributed by atoms with van der Waals surface area (Å²) in [6, 6.07) is 0. The maximum atomic E-state index is 5.96. The molecule has 1 aliphatic rings. The van der Waals surface area contributed by atoms with E-state index in [4.69, 9.17) is 10.5 Å². The number of nitrogens with zero attached hydrogens (tertiary/aromatic N) is 2. The standard InChI is InChI=1S/C12H23N3O/c1-5-12(3,4)9-14-11(13)15-6-7-16-10(2)8-15/h5,10H,1,6-9H2,2-4H3,(H2,13,14). The summed E-state index contributed by atoms with van der Waals surface area (Å²) in [5.74, 6) is 0.616. The molecule has 0 aromatic carbocycles. The van der Waals surface area contributed by atoms with Crippen molar-refractivity contribution in [2.75, 3.05) is 26.2 Å². The monoisotopic (exact) mass is 225 g/mol. The molecule has 1 saturated heterocycles. The van der Waals surface area contributed by atoms with E-state index in [1.165, 1.54) is 0 Å². The molecule has 1 rings (SSSR count). The van der Waals surface area contributed by atoms with Crippen LogP contribution in [0, 0.1) is 5.41 Å². The summed E-state index contributed by atoms with van der Waals surface area (Å²) in [5.41, 5.74) is 5.96. The number of nitrogens with two attached hydrogens (primary N) is 1. The highest BCUT2D eigenvalue weighted by atomic mass is 16.5. The molecule has 0 aromatic heterocycles. The van der Waals surface area contributed by atoms with Gasteiger partial charge >= 0.3 is 0 Å². The Balaban J connectivity index is 2.52. The van der Waals surface area contributed by atoms with E-state index in [1.54, 1.807) is 0 Å². The first-order valence-electron chi connectivity index (χ1n) is 5.75. The first kappa shape index (κ1) is 13.0. The molecule has 4 nitrogen and oxygen atoms in total. The molecule has 1 atom stereocenters. The number of ether oxygens (including phenoxy) is 1. The lowest BCUT2D eigenvalue weighted by molar-refractivity contribution is 0.00526. The molecule has 1 fully saturated rings. The molecule has 0 spiro atoms. The number of hydrogen-bond donors (Lipinski definition) is 1. The molecule has 1 unspecified atom stereocenters. The van der Waals surface area contributed by atoms with E-state index in [0.717, 1.165) is 19.7 Å². The molecule has 1 aliphatic heterocycles. The van der Waals surface area contributed by atoms with Crippen molar-refractivity contribution >= 4 is 5.96 Å². The minimum atomic E-state index is 0.00250. The van der Waals surface area contributed by atoms with E-state index in [9.17, 15) is 0 Å². The SMILES string of the molecule is C=CC(C)(C)CN=C(N)N1CCOC(C)C1. The predicted octanol–water partition coefficient (Wildman–Crippen LogP) is 1.23. The van der Waals surface area contributed by atoms with Crippen molar-refractivity contribution in [3.8, 4) is 0 Å². The van der Waals surface area contributed by atoms with E-state index in [-0.39, 0.29) is 11.5 Å². The maximum Gasteiger partial charge on any atom is 0.191 e. The van der Waals surface area contributed by atoms with Gasteiger partial charge in [-0.15, -0.1) is 6.58 Å². The van der Waals surface area contributed by atoms with E-state index in [1.807, 2.05) is 13.0 Å². The van der Waals surface area contributed by atoms with Gasteiger partial charge < -0.3 is 15.4 Å². The van der Waals surface area contributed by atoms with Gasteiger partial charge in [0, 0.05) is 18.5 Å². The summed E-state index contributed by atoms with van der Waals surface area (Å²) in [6.45, 7) is 13.1. The smallest absolute Gasteiger partial charge is 0.191 e. The van der Waals surface area contributed by atoms with Crippen molar-refractivity contribution < 1.29 is 4.74 Å². The average Bonchev–Trinajstić information content (AvgIpc) is 2.26. The van der Waals surface area contributed by atoms with Gasteiger partial charge in [0.1, 0.15) is 0 Å². The Hall–Kier alpha value is -1.03. The first-order chi connectivity index (χ1) is 7.44. The third kappa shape index (κ3) is 3.85. The molecule has 1 heterocycles. The highest BCUT2D eigenvalue weighted by Gasteiger charge is 2.19. The van der Waals surface area contributed by atoms with Gasteiger partial charge in [0.2, 0.25) is 0 Å². The van der Waals surface area contributed by atoms with Gasteiger partial charge in [-0.05, 0) is 6.92 Å². The fraction of sp³-hybridized carbons (Fsp3) is 0.750. The number of aliphatic imine (C=N–C) groups is 1. The Morgan fingerprint density at radius 3 is 2.94 bits per heavy atom. The Bertz CT molecular complexity index is 273. The summed E-state index contributed by atoms with van der Waals surface area (Å²) in [4.78, 5) is 6.50. The first-order valence-corrected chi connectivity index (χ1v) is 5.75. The Morgan fingerprint density at radius 1 is 1.69 bits per heavy atom. The van der Waals surface area contributed by atoms with E-state index >= 15 is 0 Å². The number of rotatable bonds is 3. The molecule has 4 heteroatoms. The number of guanidine groups is 1. The van der Waals surface area contributed by atoms with Crippen LogP contribution in [-0.2, 0) is 4.74 Å². The highest BCUT2D eigenvalue weighted by Crippen LogP contribution is 2.16. The second-order valence-electron chi connectivity index (χ2n) is 4.99. The largest absolute Gasteiger partial charge is 0.375 e. The van der Waals surface area contributed by atoms with Gasteiger partial charge in [-0.3, -0.25) is 4.99 Å². The van der Waals surface area contributed by atoms with Crippen LogP contribution in [0.15, 0.2) is 17.6 Å². The minimum absolute atomic E-state index is 0.00250. The maximum absolute atomic E-state index is 5.96. The van der Waals surface area contributed by atoms with Crippen LogP contribution >= 0.6 is 0 Å². The predicted molar refractivity (Wildman–Crippen MR) is 67.5 cm³/mol. The normalized spacial score (nSPS) is 23.3. The average molecular weight is 225 g/mol. The van der Waals surface area contributed by atoms with E-state index in [0.29, 0.717) is 12.5 Å². The molecule has 92 valence electrons. The Morgan fingerprint density at radius 2 is 2.38 bits per heavy atom. The second-order valence-corrected chi connectivity index (χ2v) is 4.99. The number of hydrogen-bond acceptors (Lipinski definition) is 2. The van der Waals surface area contributed by atoms with Crippen molar-refractivity contribution in [2.24, 2.45) is 16.1 Å². The lowest BCUT2D eigenvalue weighted by atomic mass is 9.94. The van der Waals surface area contributed by atoms with Crippen molar-refractivity contribution in [1.29, 1.82) is 0 Å². The molecular formula is C12H23N3O. The van der Waals surface area contributed by atoms with Gasteiger partial charge in [-0.1, -0.05) is 19.9 Å². The van der Waals surface area contributed by atoms with Crippen molar-refractivity contribution in [3.63, 3.8) is 0 Å². The molecule has 0 saturated carbocycles. The summed E-state index contributed by atoms with van der Waals surface area (Å²) in [5, 5.41) is 0. The zero-order valence-electron chi connectivity index (χ0n) is 10.6. The summed E-state index contributed by atoms with van der Waals surface area (Å²) in [6.07, 6.45) is 2.14. The van der Waals surface area contributed by atoms with Crippen LogP contribution in [0.5, 0.6) is 0 Å². The van der Waals surface area contributed by atoms with Crippen LogP contribution in [0.25, 0.3) is 0 Å². The molecular weight excluding hydrogens is 202 g/mol. The molecule has 0 radical (unpaired) electrons. The van der Waals surface area contributed by atoms with Crippen LogP contribution in [0.3, 0.4) is 0 Å². The Kier molecular flexibility index (Phi) is 4.35. The number of morpholine rings is 1. The molecule has 0 bridgehead atoms. The van der Waals surface area contributed by atoms with Crippen LogP contribution in [0.4, 0.5) is 0 Å². The quantitative estimate of drug-likeness (QED) is 0.446. The van der Waals surface area contributed by atoms with Crippen LogP contribution in [-0.4, -0.2) is 43.2 Å². The summed E-state index contributed by atoms with van der Waals surface area (Å²) in [7, 11) is 0. The van der Waals surface area contributed by atoms with Gasteiger partial charge in [0.15, 0.2) is 5.96 Å². The minimum Gasteiger partial charge on any atom is -0.375 e. The van der Waals surface area contributed by atoms with Crippen molar-refractivity contribution in [1.82, 2.24) is 4.90 Å². The van der Waals surface area contributed by atoms with Crippen LogP contribution in [0.1, 0.15) is 20.8 Å². The van der Waals surface area contributed by atoms with Crippen LogP contribution in [0.2, 0.25) is 0 Å². The lowest BCUT2D eigenvalue weighted by Crippen LogP contribution is -2.48. The third-order valence-corrected chi connectivity index (χ3v) is 2.77. The van der Waals surface area contributed by atoms with Crippen LogP contribution < -0.4 is 5.73 Å². The van der Waals surface area contributed by atoms with Gasteiger partial charge in [0.05, 0.1) is 19.3 Å².